The van der Waals surface area contributed by atoms with E-state index in [1.165, 1.54) is 42.5 Å². The molecule has 1 aromatic carbocycles. The first-order chi connectivity index (χ1) is 10.3. The Bertz CT molecular complexity index is 646. The summed E-state index contributed by atoms with van der Waals surface area (Å²) < 4.78 is 0. The summed E-state index contributed by atoms with van der Waals surface area (Å²) in [6.45, 7) is 2.14. The number of likely N-dealkylation sites (N-methyl/N-ethyl adjacent to an activating group) is 1. The number of nitrogens with one attached hydrogen (secondary N) is 1. The molecule has 4 rings (SSSR count). The van der Waals surface area contributed by atoms with Gasteiger partial charge in [-0.25, -0.2) is 0 Å². The van der Waals surface area contributed by atoms with Gasteiger partial charge in [-0.1, -0.05) is 12.1 Å². The Hall–Kier alpha value is -1.32. The second-order valence-corrected chi connectivity index (χ2v) is 7.26. The highest BCUT2D eigenvalue weighted by atomic mass is 32.1. The van der Waals surface area contributed by atoms with Gasteiger partial charge >= 0.3 is 0 Å². The van der Waals surface area contributed by atoms with Crippen molar-refractivity contribution in [3.05, 3.63) is 51.2 Å². The van der Waals surface area contributed by atoms with Crippen LogP contribution in [0.3, 0.4) is 0 Å². The highest BCUT2D eigenvalue weighted by Crippen LogP contribution is 2.33. The van der Waals surface area contributed by atoms with Gasteiger partial charge in [0.15, 0.2) is 0 Å². The lowest BCUT2D eigenvalue weighted by Crippen LogP contribution is -2.23. The van der Waals surface area contributed by atoms with Crippen molar-refractivity contribution in [3.8, 4) is 0 Å². The highest BCUT2D eigenvalue weighted by molar-refractivity contribution is 7.10. The molecule has 2 nitrogen and oxygen atoms in total. The van der Waals surface area contributed by atoms with E-state index in [-0.39, 0.29) is 0 Å². The summed E-state index contributed by atoms with van der Waals surface area (Å²) in [4.78, 5) is 3.94. The summed E-state index contributed by atoms with van der Waals surface area (Å²) in [7, 11) is 2.18. The molecular weight excluding hydrogens is 276 g/mol. The number of rotatable bonds is 3. The summed E-state index contributed by atoms with van der Waals surface area (Å²) in [5.41, 5.74) is 5.90. The van der Waals surface area contributed by atoms with Crippen LogP contribution in [0, 0.1) is 0 Å². The lowest BCUT2D eigenvalue weighted by Gasteiger charge is -2.24. The average Bonchev–Trinajstić information content (AvgIpc) is 3.12. The molecular formula is C18H22N2S. The minimum atomic E-state index is 0.552. The third kappa shape index (κ3) is 2.49. The van der Waals surface area contributed by atoms with Crippen LogP contribution in [0.5, 0.6) is 0 Å². The van der Waals surface area contributed by atoms with Crippen LogP contribution >= 0.6 is 11.3 Å². The molecule has 0 amide bonds. The van der Waals surface area contributed by atoms with Crippen molar-refractivity contribution < 1.29 is 0 Å². The van der Waals surface area contributed by atoms with Crippen molar-refractivity contribution in [2.45, 2.75) is 38.3 Å². The maximum Gasteiger partial charge on any atom is 0.0397 e. The van der Waals surface area contributed by atoms with Crippen molar-refractivity contribution >= 4 is 17.0 Å². The molecule has 3 heteroatoms. The predicted octanol–water partition coefficient (Wildman–Crippen LogP) is 3.91. The van der Waals surface area contributed by atoms with E-state index >= 15 is 0 Å². The Kier molecular flexibility index (Phi) is 3.48. The van der Waals surface area contributed by atoms with Crippen molar-refractivity contribution in [3.63, 3.8) is 0 Å². The number of anilines is 1. The van der Waals surface area contributed by atoms with Crippen molar-refractivity contribution in [2.24, 2.45) is 0 Å². The fourth-order valence-corrected chi connectivity index (χ4v) is 4.66. The monoisotopic (exact) mass is 298 g/mol. The molecule has 0 spiro atoms. The smallest absolute Gasteiger partial charge is 0.0397 e. The lowest BCUT2D eigenvalue weighted by atomic mass is 9.94. The second-order valence-electron chi connectivity index (χ2n) is 6.26. The third-order valence-electron chi connectivity index (χ3n) is 4.88. The van der Waals surface area contributed by atoms with Gasteiger partial charge in [-0.05, 0) is 59.9 Å². The van der Waals surface area contributed by atoms with Crippen molar-refractivity contribution in [1.82, 2.24) is 5.32 Å². The molecule has 0 radical (unpaired) electrons. The molecule has 1 aliphatic carbocycles. The SMILES string of the molecule is CN1CCc2cc(CNC3CCCc4sccc43)ccc21. The zero-order valence-corrected chi connectivity index (χ0v) is 13.4. The van der Waals surface area contributed by atoms with Gasteiger partial charge in [-0.2, -0.15) is 0 Å². The van der Waals surface area contributed by atoms with Crippen LogP contribution in [0.4, 0.5) is 5.69 Å². The number of fused-ring (bicyclic) bond motifs is 2. The number of aryl methyl sites for hydroxylation is 1. The fraction of sp³-hybridized carbons (Fsp3) is 0.444. The number of thiophene rings is 1. The van der Waals surface area contributed by atoms with Crippen LogP contribution in [0.25, 0.3) is 0 Å². The van der Waals surface area contributed by atoms with Gasteiger partial charge in [0.2, 0.25) is 0 Å². The molecule has 1 aliphatic heterocycles. The van der Waals surface area contributed by atoms with Crippen LogP contribution in [0.15, 0.2) is 29.6 Å². The highest BCUT2D eigenvalue weighted by Gasteiger charge is 2.21. The van der Waals surface area contributed by atoms with Gasteiger partial charge in [0.1, 0.15) is 0 Å². The molecule has 1 atom stereocenters. The Balaban J connectivity index is 1.47. The molecule has 1 aromatic heterocycles. The molecule has 2 aliphatic rings. The van der Waals surface area contributed by atoms with Gasteiger partial charge in [0, 0.05) is 36.7 Å². The van der Waals surface area contributed by atoms with E-state index in [9.17, 15) is 0 Å². The summed E-state index contributed by atoms with van der Waals surface area (Å²) in [6, 6.07) is 9.83. The summed E-state index contributed by atoms with van der Waals surface area (Å²) in [5.74, 6) is 0. The topological polar surface area (TPSA) is 15.3 Å². The van der Waals surface area contributed by atoms with E-state index in [4.69, 9.17) is 0 Å². The molecule has 2 aromatic rings. The van der Waals surface area contributed by atoms with Crippen molar-refractivity contribution in [2.75, 3.05) is 18.5 Å². The molecule has 0 fully saturated rings. The Morgan fingerprint density at radius 2 is 2.24 bits per heavy atom. The van der Waals surface area contributed by atoms with Gasteiger partial charge in [-0.15, -0.1) is 11.3 Å². The molecule has 0 saturated heterocycles. The Morgan fingerprint density at radius 3 is 3.19 bits per heavy atom. The third-order valence-corrected chi connectivity index (χ3v) is 5.87. The number of hydrogen-bond acceptors (Lipinski definition) is 3. The first kappa shape index (κ1) is 13.4. The van der Waals surface area contributed by atoms with Crippen molar-refractivity contribution in [1.29, 1.82) is 0 Å². The quantitative estimate of drug-likeness (QED) is 0.924. The van der Waals surface area contributed by atoms with Crippen LogP contribution in [0.1, 0.15) is 40.5 Å². The maximum atomic E-state index is 3.78. The van der Waals surface area contributed by atoms with Crippen LogP contribution in [-0.2, 0) is 19.4 Å². The van der Waals surface area contributed by atoms with Crippen LogP contribution < -0.4 is 10.2 Å². The van der Waals surface area contributed by atoms with E-state index in [2.05, 4.69) is 46.9 Å². The Morgan fingerprint density at radius 1 is 1.29 bits per heavy atom. The van der Waals surface area contributed by atoms with Crippen LogP contribution in [0.2, 0.25) is 0 Å². The van der Waals surface area contributed by atoms with Gasteiger partial charge < -0.3 is 10.2 Å². The number of benzene rings is 1. The predicted molar refractivity (Wildman–Crippen MR) is 90.3 cm³/mol. The van der Waals surface area contributed by atoms with E-state index in [0.717, 1.165) is 13.1 Å². The van der Waals surface area contributed by atoms with Crippen LogP contribution in [-0.4, -0.2) is 13.6 Å². The Labute approximate surface area is 130 Å². The molecule has 0 saturated carbocycles. The maximum absolute atomic E-state index is 3.78. The molecule has 2 heterocycles. The first-order valence-electron chi connectivity index (χ1n) is 7.94. The largest absolute Gasteiger partial charge is 0.374 e. The zero-order valence-electron chi connectivity index (χ0n) is 12.6. The minimum Gasteiger partial charge on any atom is -0.374 e. The molecule has 1 unspecified atom stereocenters. The van der Waals surface area contributed by atoms with E-state index in [0.29, 0.717) is 6.04 Å². The second kappa shape index (κ2) is 5.47. The average molecular weight is 298 g/mol. The number of hydrogen-bond donors (Lipinski definition) is 1. The summed E-state index contributed by atoms with van der Waals surface area (Å²) in [6.07, 6.45) is 5.06. The first-order valence-corrected chi connectivity index (χ1v) is 8.82. The van der Waals surface area contributed by atoms with Gasteiger partial charge in [0.25, 0.3) is 0 Å². The van der Waals surface area contributed by atoms with Gasteiger partial charge in [-0.3, -0.25) is 0 Å². The molecule has 21 heavy (non-hydrogen) atoms. The molecule has 1 N–H and O–H groups in total. The lowest BCUT2D eigenvalue weighted by molar-refractivity contribution is 0.463. The number of nitrogens with zero attached hydrogens (tertiary/aromatic N) is 1. The zero-order chi connectivity index (χ0) is 14.2. The normalized spacial score (nSPS) is 20.4. The summed E-state index contributed by atoms with van der Waals surface area (Å²) in [5, 5.41) is 6.02. The standard InChI is InChI=1S/C18H22N2S/c1-20-9-7-14-11-13(5-6-17(14)20)12-19-16-3-2-4-18-15(16)8-10-21-18/h5-6,8,10-11,16,19H,2-4,7,9,12H2,1H3. The molecule has 110 valence electrons. The van der Waals surface area contributed by atoms with E-state index in [1.54, 1.807) is 10.4 Å². The molecule has 0 bridgehead atoms. The van der Waals surface area contributed by atoms with E-state index in [1.807, 2.05) is 11.3 Å². The van der Waals surface area contributed by atoms with Gasteiger partial charge in [0.05, 0.1) is 0 Å². The minimum absolute atomic E-state index is 0.552. The summed E-state index contributed by atoms with van der Waals surface area (Å²) >= 11 is 1.92. The van der Waals surface area contributed by atoms with E-state index < -0.39 is 0 Å². The fourth-order valence-electron chi connectivity index (χ4n) is 3.67.